The first-order valence-electron chi connectivity index (χ1n) is 6.01. The van der Waals surface area contributed by atoms with Gasteiger partial charge in [0.25, 0.3) is 5.91 Å². The molecule has 1 aromatic carbocycles. The fourth-order valence-corrected chi connectivity index (χ4v) is 3.34. The lowest BCUT2D eigenvalue weighted by Crippen LogP contribution is -2.19. The van der Waals surface area contributed by atoms with Gasteiger partial charge in [-0.2, -0.15) is 0 Å². The van der Waals surface area contributed by atoms with Crippen molar-refractivity contribution in [3.05, 3.63) is 54.3 Å². The Morgan fingerprint density at radius 1 is 1.36 bits per heavy atom. The van der Waals surface area contributed by atoms with Crippen LogP contribution < -0.4 is 5.32 Å². The molecule has 2 heterocycles. The maximum atomic E-state index is 12.0. The Balaban J connectivity index is 1.82. The SMILES string of the molecule is O=C1NC(=Nc2ccc(Cl)cc2)S/C1=C\c1cc(Br)c(I)o1. The number of halogens is 3. The van der Waals surface area contributed by atoms with Crippen LogP contribution in [-0.2, 0) is 4.79 Å². The van der Waals surface area contributed by atoms with E-state index in [2.05, 4.69) is 48.8 Å². The smallest absolute Gasteiger partial charge is 0.264 e. The van der Waals surface area contributed by atoms with Gasteiger partial charge in [-0.15, -0.1) is 0 Å². The molecule has 1 amide bonds. The molecule has 1 N–H and O–H groups in total. The van der Waals surface area contributed by atoms with E-state index in [0.29, 0.717) is 20.9 Å². The summed E-state index contributed by atoms with van der Waals surface area (Å²) in [6, 6.07) is 8.89. The number of hydrogen-bond donors (Lipinski definition) is 1. The average Bonchev–Trinajstić information content (AvgIpc) is 2.96. The quantitative estimate of drug-likeness (QED) is 0.448. The van der Waals surface area contributed by atoms with Crippen molar-refractivity contribution < 1.29 is 9.21 Å². The molecule has 0 aliphatic carbocycles. The number of amidine groups is 1. The summed E-state index contributed by atoms with van der Waals surface area (Å²) in [5, 5.41) is 3.90. The Bertz CT molecular complexity index is 782. The third kappa shape index (κ3) is 3.76. The monoisotopic (exact) mass is 508 g/mol. The molecule has 4 nitrogen and oxygen atoms in total. The average molecular weight is 510 g/mol. The number of carbonyl (C=O) groups is 1. The van der Waals surface area contributed by atoms with Crippen LogP contribution in [0.4, 0.5) is 5.69 Å². The molecule has 22 heavy (non-hydrogen) atoms. The minimum atomic E-state index is -0.194. The molecule has 1 aliphatic heterocycles. The fourth-order valence-electron chi connectivity index (χ4n) is 1.68. The van der Waals surface area contributed by atoms with Crippen molar-refractivity contribution >= 4 is 84.7 Å². The minimum absolute atomic E-state index is 0.194. The van der Waals surface area contributed by atoms with Crippen LogP contribution in [0.2, 0.25) is 5.02 Å². The lowest BCUT2D eigenvalue weighted by molar-refractivity contribution is -0.115. The molecule has 0 atom stereocenters. The zero-order chi connectivity index (χ0) is 15.7. The van der Waals surface area contributed by atoms with E-state index >= 15 is 0 Å². The molecular formula is C14H7BrClIN2O2S. The molecule has 0 unspecified atom stereocenters. The van der Waals surface area contributed by atoms with Gasteiger partial charge in [0, 0.05) is 33.7 Å². The Morgan fingerprint density at radius 3 is 2.73 bits per heavy atom. The topological polar surface area (TPSA) is 54.6 Å². The molecule has 0 spiro atoms. The van der Waals surface area contributed by atoms with Crippen molar-refractivity contribution in [2.24, 2.45) is 4.99 Å². The summed E-state index contributed by atoms with van der Waals surface area (Å²) in [4.78, 5) is 16.9. The number of hydrogen-bond acceptors (Lipinski definition) is 4. The second-order valence-corrected chi connectivity index (χ2v) is 7.53. The second kappa shape index (κ2) is 6.77. The van der Waals surface area contributed by atoms with Gasteiger partial charge in [-0.1, -0.05) is 11.6 Å². The predicted molar refractivity (Wildman–Crippen MR) is 101 cm³/mol. The molecule has 1 aromatic heterocycles. The Labute approximate surface area is 157 Å². The molecule has 112 valence electrons. The molecule has 2 aromatic rings. The second-order valence-electron chi connectivity index (χ2n) is 4.23. The molecule has 1 saturated heterocycles. The lowest BCUT2D eigenvalue weighted by Gasteiger charge is -1.96. The van der Waals surface area contributed by atoms with Gasteiger partial charge < -0.3 is 9.73 Å². The van der Waals surface area contributed by atoms with Crippen LogP contribution in [0.15, 0.2) is 49.1 Å². The Hall–Kier alpha value is -0.770. The van der Waals surface area contributed by atoms with E-state index in [1.54, 1.807) is 30.3 Å². The number of carbonyl (C=O) groups excluding carboxylic acids is 1. The first kappa shape index (κ1) is 16.1. The van der Waals surface area contributed by atoms with Crippen LogP contribution in [0.5, 0.6) is 0 Å². The van der Waals surface area contributed by atoms with Gasteiger partial charge in [-0.25, -0.2) is 4.99 Å². The molecule has 0 saturated carbocycles. The standard InChI is InChI=1S/C14H7BrClIN2O2S/c15-10-5-9(21-12(10)17)6-11-13(20)19-14(22-11)18-8-3-1-7(16)2-4-8/h1-6H,(H,18,19,20)/b11-6-. The van der Waals surface area contributed by atoms with Crippen LogP contribution in [0.25, 0.3) is 6.08 Å². The minimum Gasteiger partial charge on any atom is -0.450 e. The summed E-state index contributed by atoms with van der Waals surface area (Å²) in [6.07, 6.45) is 1.69. The largest absolute Gasteiger partial charge is 0.450 e. The van der Waals surface area contributed by atoms with Crippen LogP contribution in [-0.4, -0.2) is 11.1 Å². The highest BCUT2D eigenvalue weighted by Crippen LogP contribution is 2.30. The summed E-state index contributed by atoms with van der Waals surface area (Å²) in [5.74, 6) is 0.418. The van der Waals surface area contributed by atoms with E-state index in [-0.39, 0.29) is 5.91 Å². The highest BCUT2D eigenvalue weighted by Gasteiger charge is 2.24. The molecule has 0 radical (unpaired) electrons. The van der Waals surface area contributed by atoms with Crippen molar-refractivity contribution in [3.8, 4) is 0 Å². The molecular weight excluding hydrogens is 502 g/mol. The lowest BCUT2D eigenvalue weighted by atomic mass is 10.3. The Morgan fingerprint density at radius 2 is 2.09 bits per heavy atom. The molecule has 8 heteroatoms. The number of rotatable bonds is 2. The maximum Gasteiger partial charge on any atom is 0.264 e. The summed E-state index contributed by atoms with van der Waals surface area (Å²) in [6.45, 7) is 0. The summed E-state index contributed by atoms with van der Waals surface area (Å²) >= 11 is 12.5. The number of thioether (sulfide) groups is 1. The number of nitrogens with zero attached hydrogens (tertiary/aromatic N) is 1. The zero-order valence-corrected chi connectivity index (χ0v) is 16.1. The van der Waals surface area contributed by atoms with Gasteiger partial charge >= 0.3 is 0 Å². The number of aliphatic imine (C=N–C) groups is 1. The molecule has 1 aliphatic rings. The molecule has 3 rings (SSSR count). The van der Waals surface area contributed by atoms with Gasteiger partial charge in [0.2, 0.25) is 0 Å². The summed E-state index contributed by atoms with van der Waals surface area (Å²) < 4.78 is 7.11. The number of furan rings is 1. The van der Waals surface area contributed by atoms with E-state index in [1.165, 1.54) is 11.8 Å². The first-order chi connectivity index (χ1) is 10.5. The summed E-state index contributed by atoms with van der Waals surface area (Å²) in [5.41, 5.74) is 0.726. The highest BCUT2D eigenvalue weighted by atomic mass is 127. The third-order valence-electron chi connectivity index (χ3n) is 2.65. The van der Waals surface area contributed by atoms with Crippen molar-refractivity contribution in [2.75, 3.05) is 0 Å². The zero-order valence-electron chi connectivity index (χ0n) is 10.8. The van der Waals surface area contributed by atoms with Gasteiger partial charge in [0.1, 0.15) is 5.76 Å². The fraction of sp³-hybridized carbons (Fsp3) is 0. The van der Waals surface area contributed by atoms with Gasteiger partial charge in [-0.05, 0) is 58.0 Å². The van der Waals surface area contributed by atoms with E-state index in [9.17, 15) is 4.79 Å². The van der Waals surface area contributed by atoms with Crippen molar-refractivity contribution in [1.29, 1.82) is 0 Å². The highest BCUT2D eigenvalue weighted by molar-refractivity contribution is 14.1. The van der Waals surface area contributed by atoms with Crippen molar-refractivity contribution in [2.45, 2.75) is 0 Å². The van der Waals surface area contributed by atoms with E-state index in [1.807, 2.05) is 6.07 Å². The van der Waals surface area contributed by atoms with Crippen LogP contribution in [0.3, 0.4) is 0 Å². The van der Waals surface area contributed by atoms with Crippen LogP contribution in [0, 0.1) is 3.77 Å². The van der Waals surface area contributed by atoms with Crippen LogP contribution in [0.1, 0.15) is 5.76 Å². The first-order valence-corrected chi connectivity index (χ1v) is 9.08. The normalized spacial score (nSPS) is 18.2. The van der Waals surface area contributed by atoms with E-state index in [4.69, 9.17) is 16.0 Å². The third-order valence-corrected chi connectivity index (χ3v) is 5.94. The van der Waals surface area contributed by atoms with E-state index in [0.717, 1.165) is 13.9 Å². The van der Waals surface area contributed by atoms with Crippen LogP contribution >= 0.6 is 61.9 Å². The molecule has 0 bridgehead atoms. The Kier molecular flexibility index (Phi) is 4.96. The summed E-state index contributed by atoms with van der Waals surface area (Å²) in [7, 11) is 0. The van der Waals surface area contributed by atoms with Crippen molar-refractivity contribution in [1.82, 2.24) is 5.32 Å². The van der Waals surface area contributed by atoms with Gasteiger partial charge in [0.15, 0.2) is 8.93 Å². The molecule has 1 fully saturated rings. The van der Waals surface area contributed by atoms with Crippen molar-refractivity contribution in [3.63, 3.8) is 0 Å². The van der Waals surface area contributed by atoms with Gasteiger partial charge in [-0.3, -0.25) is 4.79 Å². The number of amides is 1. The predicted octanol–water partition coefficient (Wildman–Crippen LogP) is 5.19. The number of benzene rings is 1. The van der Waals surface area contributed by atoms with E-state index < -0.39 is 0 Å². The maximum absolute atomic E-state index is 12.0. The number of nitrogens with one attached hydrogen (secondary N) is 1. The van der Waals surface area contributed by atoms with Gasteiger partial charge in [0.05, 0.1) is 15.1 Å².